The smallest absolute Gasteiger partial charge is 0.322 e. The first-order valence-corrected chi connectivity index (χ1v) is 7.17. The molecule has 1 N–H and O–H groups in total. The molecule has 0 radical (unpaired) electrons. The fourth-order valence-electron chi connectivity index (χ4n) is 2.43. The highest BCUT2D eigenvalue weighted by Crippen LogP contribution is 2.15. The van der Waals surface area contributed by atoms with Gasteiger partial charge in [-0.2, -0.15) is 0 Å². The third kappa shape index (κ3) is 5.36. The second-order valence-corrected chi connectivity index (χ2v) is 5.37. The summed E-state index contributed by atoms with van der Waals surface area (Å²) in [6.45, 7) is 5.43. The van der Waals surface area contributed by atoms with E-state index in [-0.39, 0.29) is 12.0 Å². The first-order chi connectivity index (χ1) is 8.67. The van der Waals surface area contributed by atoms with Crippen LogP contribution < -0.4 is 5.32 Å². The van der Waals surface area contributed by atoms with Crippen molar-refractivity contribution in [1.29, 1.82) is 0 Å². The molecule has 1 aliphatic rings. The number of unbranched alkanes of at least 4 members (excludes halogenated alkanes) is 1. The standard InChI is InChI=1S/C14H28N2O2/c1-4-5-6-13(14(17)18-3)15-11-12-7-9-16(2)10-8-12/h12-13,15H,4-11H2,1-3H3. The van der Waals surface area contributed by atoms with Gasteiger partial charge in [0, 0.05) is 0 Å². The topological polar surface area (TPSA) is 41.6 Å². The Labute approximate surface area is 111 Å². The van der Waals surface area contributed by atoms with Crippen molar-refractivity contribution in [2.75, 3.05) is 33.8 Å². The first-order valence-electron chi connectivity index (χ1n) is 7.17. The summed E-state index contributed by atoms with van der Waals surface area (Å²) in [7, 11) is 3.64. The Balaban J connectivity index is 2.29. The summed E-state index contributed by atoms with van der Waals surface area (Å²) in [6.07, 6.45) is 5.52. The molecule has 1 heterocycles. The molecule has 0 amide bonds. The molecule has 4 heteroatoms. The zero-order chi connectivity index (χ0) is 13.4. The largest absolute Gasteiger partial charge is 0.468 e. The lowest BCUT2D eigenvalue weighted by atomic mass is 9.96. The summed E-state index contributed by atoms with van der Waals surface area (Å²) in [5, 5.41) is 3.40. The minimum atomic E-state index is -0.116. The highest BCUT2D eigenvalue weighted by molar-refractivity contribution is 5.75. The number of hydrogen-bond donors (Lipinski definition) is 1. The SMILES string of the molecule is CCCCC(NCC1CCN(C)CC1)C(=O)OC. The van der Waals surface area contributed by atoms with Gasteiger partial charge in [0.15, 0.2) is 0 Å². The van der Waals surface area contributed by atoms with Crippen LogP contribution >= 0.6 is 0 Å². The van der Waals surface area contributed by atoms with E-state index in [4.69, 9.17) is 4.74 Å². The number of ether oxygens (including phenoxy) is 1. The predicted octanol–water partition coefficient (Wildman–Crippen LogP) is 1.65. The third-order valence-corrected chi connectivity index (χ3v) is 3.82. The number of piperidine rings is 1. The number of nitrogens with one attached hydrogen (secondary N) is 1. The highest BCUT2D eigenvalue weighted by atomic mass is 16.5. The molecule has 1 atom stereocenters. The zero-order valence-electron chi connectivity index (χ0n) is 12.1. The molecule has 1 aliphatic heterocycles. The van der Waals surface area contributed by atoms with Crippen molar-refractivity contribution in [1.82, 2.24) is 10.2 Å². The maximum absolute atomic E-state index is 11.6. The second kappa shape index (κ2) is 8.48. The van der Waals surface area contributed by atoms with E-state index in [1.165, 1.54) is 33.0 Å². The summed E-state index contributed by atoms with van der Waals surface area (Å²) >= 11 is 0. The van der Waals surface area contributed by atoms with Crippen LogP contribution in [0.5, 0.6) is 0 Å². The first kappa shape index (κ1) is 15.4. The maximum Gasteiger partial charge on any atom is 0.322 e. The van der Waals surface area contributed by atoms with Gasteiger partial charge in [0.2, 0.25) is 0 Å². The molecule has 0 aromatic rings. The van der Waals surface area contributed by atoms with Crippen LogP contribution in [-0.2, 0) is 9.53 Å². The van der Waals surface area contributed by atoms with Crippen molar-refractivity contribution in [2.45, 2.75) is 45.1 Å². The fraction of sp³-hybridized carbons (Fsp3) is 0.929. The van der Waals surface area contributed by atoms with Crippen molar-refractivity contribution in [3.63, 3.8) is 0 Å². The molecule has 1 unspecified atom stereocenters. The lowest BCUT2D eigenvalue weighted by Crippen LogP contribution is -2.42. The van der Waals surface area contributed by atoms with E-state index in [0.717, 1.165) is 25.8 Å². The molecular formula is C14H28N2O2. The number of rotatable bonds is 7. The zero-order valence-corrected chi connectivity index (χ0v) is 12.1. The normalized spacial score (nSPS) is 19.7. The summed E-state index contributed by atoms with van der Waals surface area (Å²) in [5.41, 5.74) is 0. The summed E-state index contributed by atoms with van der Waals surface area (Å²) in [4.78, 5) is 14.0. The monoisotopic (exact) mass is 256 g/mol. The molecule has 106 valence electrons. The van der Waals surface area contributed by atoms with Crippen LogP contribution in [0.3, 0.4) is 0 Å². The van der Waals surface area contributed by atoms with Crippen molar-refractivity contribution in [3.05, 3.63) is 0 Å². The minimum absolute atomic E-state index is 0.114. The molecular weight excluding hydrogens is 228 g/mol. The number of nitrogens with zero attached hydrogens (tertiary/aromatic N) is 1. The van der Waals surface area contributed by atoms with E-state index in [1.54, 1.807) is 0 Å². The Morgan fingerprint density at radius 3 is 2.67 bits per heavy atom. The number of methoxy groups -OCH3 is 1. The maximum atomic E-state index is 11.6. The molecule has 0 saturated carbocycles. The van der Waals surface area contributed by atoms with Crippen molar-refractivity contribution >= 4 is 5.97 Å². The van der Waals surface area contributed by atoms with Gasteiger partial charge in [0.1, 0.15) is 6.04 Å². The fourth-order valence-corrected chi connectivity index (χ4v) is 2.43. The van der Waals surface area contributed by atoms with Crippen molar-refractivity contribution in [2.24, 2.45) is 5.92 Å². The van der Waals surface area contributed by atoms with E-state index in [0.29, 0.717) is 5.92 Å². The average Bonchev–Trinajstić information content (AvgIpc) is 2.40. The lowest BCUT2D eigenvalue weighted by molar-refractivity contribution is -0.143. The Morgan fingerprint density at radius 1 is 1.44 bits per heavy atom. The molecule has 0 spiro atoms. The number of likely N-dealkylation sites (tertiary alicyclic amines) is 1. The number of carbonyl (C=O) groups is 1. The molecule has 18 heavy (non-hydrogen) atoms. The van der Waals surface area contributed by atoms with E-state index in [1.807, 2.05) is 0 Å². The van der Waals surface area contributed by atoms with Gasteiger partial charge in [-0.3, -0.25) is 4.79 Å². The Morgan fingerprint density at radius 2 is 2.11 bits per heavy atom. The van der Waals surface area contributed by atoms with Crippen LogP contribution in [0.4, 0.5) is 0 Å². The molecule has 0 aromatic carbocycles. The third-order valence-electron chi connectivity index (χ3n) is 3.82. The predicted molar refractivity (Wildman–Crippen MR) is 73.6 cm³/mol. The molecule has 1 fully saturated rings. The Bertz CT molecular complexity index is 238. The van der Waals surface area contributed by atoms with Crippen LogP contribution in [-0.4, -0.2) is 50.7 Å². The Kier molecular flexibility index (Phi) is 7.28. The van der Waals surface area contributed by atoms with Gasteiger partial charge < -0.3 is 15.0 Å². The van der Waals surface area contributed by atoms with Gasteiger partial charge in [-0.15, -0.1) is 0 Å². The van der Waals surface area contributed by atoms with Gasteiger partial charge in [0.25, 0.3) is 0 Å². The quantitative estimate of drug-likeness (QED) is 0.703. The van der Waals surface area contributed by atoms with Gasteiger partial charge >= 0.3 is 5.97 Å². The van der Waals surface area contributed by atoms with Crippen LogP contribution in [0.15, 0.2) is 0 Å². The van der Waals surface area contributed by atoms with Crippen molar-refractivity contribution in [3.8, 4) is 0 Å². The molecule has 4 nitrogen and oxygen atoms in total. The number of carbonyl (C=O) groups excluding carboxylic acids is 1. The second-order valence-electron chi connectivity index (χ2n) is 5.37. The number of esters is 1. The van der Waals surface area contributed by atoms with Gasteiger partial charge in [-0.1, -0.05) is 19.8 Å². The van der Waals surface area contributed by atoms with Gasteiger partial charge in [0.05, 0.1) is 7.11 Å². The van der Waals surface area contributed by atoms with Crippen LogP contribution in [0.1, 0.15) is 39.0 Å². The van der Waals surface area contributed by atoms with Crippen LogP contribution in [0, 0.1) is 5.92 Å². The van der Waals surface area contributed by atoms with Crippen molar-refractivity contribution < 1.29 is 9.53 Å². The average molecular weight is 256 g/mol. The van der Waals surface area contributed by atoms with E-state index < -0.39 is 0 Å². The molecule has 1 rings (SSSR count). The van der Waals surface area contributed by atoms with Gasteiger partial charge in [-0.05, 0) is 51.9 Å². The molecule has 0 bridgehead atoms. The molecule has 0 aliphatic carbocycles. The summed E-state index contributed by atoms with van der Waals surface area (Å²) < 4.78 is 4.86. The van der Waals surface area contributed by atoms with E-state index in [9.17, 15) is 4.79 Å². The van der Waals surface area contributed by atoms with Crippen LogP contribution in [0.2, 0.25) is 0 Å². The highest BCUT2D eigenvalue weighted by Gasteiger charge is 2.21. The lowest BCUT2D eigenvalue weighted by Gasteiger charge is -2.30. The minimum Gasteiger partial charge on any atom is -0.468 e. The van der Waals surface area contributed by atoms with Crippen LogP contribution in [0.25, 0.3) is 0 Å². The van der Waals surface area contributed by atoms with E-state index in [2.05, 4.69) is 24.2 Å². The molecule has 0 aromatic heterocycles. The van der Waals surface area contributed by atoms with E-state index >= 15 is 0 Å². The Hall–Kier alpha value is -0.610. The van der Waals surface area contributed by atoms with Gasteiger partial charge in [-0.25, -0.2) is 0 Å². The molecule has 1 saturated heterocycles. The number of hydrogen-bond acceptors (Lipinski definition) is 4. The summed E-state index contributed by atoms with van der Waals surface area (Å²) in [6, 6.07) is -0.116. The summed E-state index contributed by atoms with van der Waals surface area (Å²) in [5.74, 6) is 0.589.